The number of benzene rings is 1. The molecule has 1 aliphatic heterocycles. The van der Waals surface area contributed by atoms with Crippen LogP contribution < -0.4 is 0 Å². The largest absolute Gasteiger partial charge is 0.299 e. The fraction of sp³-hybridized carbons (Fsp3) is 0.316. The average Bonchev–Trinajstić information content (AvgIpc) is 2.52. The van der Waals surface area contributed by atoms with Gasteiger partial charge in [-0.2, -0.15) is 5.26 Å². The lowest BCUT2D eigenvalue weighted by molar-refractivity contribution is 0.268. The summed E-state index contributed by atoms with van der Waals surface area (Å²) in [5, 5.41) is 9.31. The maximum absolute atomic E-state index is 9.31. The van der Waals surface area contributed by atoms with Crippen LogP contribution in [0.25, 0.3) is 5.57 Å². The molecule has 0 aliphatic carbocycles. The van der Waals surface area contributed by atoms with Gasteiger partial charge in [-0.15, -0.1) is 0 Å². The standard InChI is InChI=1S/C19H22N2/c1-4-7-16(8-5-2)19-12-15(13-20)11-17-14-21(6-3)10-9-18(17)19/h4-5,7-8,11-12H,1,6,9-10,14H2,2-3H3/b8-5-,16-7+. The molecule has 1 aliphatic rings. The first-order valence-corrected chi connectivity index (χ1v) is 7.47. The number of allylic oxidation sites excluding steroid dienone is 5. The fourth-order valence-electron chi connectivity index (χ4n) is 2.89. The summed E-state index contributed by atoms with van der Waals surface area (Å²) in [4.78, 5) is 2.42. The molecular weight excluding hydrogens is 256 g/mol. The van der Waals surface area contributed by atoms with Crippen molar-refractivity contribution in [3.63, 3.8) is 0 Å². The lowest BCUT2D eigenvalue weighted by Gasteiger charge is -2.29. The van der Waals surface area contributed by atoms with Crippen LogP contribution in [-0.4, -0.2) is 18.0 Å². The van der Waals surface area contributed by atoms with Gasteiger partial charge in [0.25, 0.3) is 0 Å². The van der Waals surface area contributed by atoms with E-state index in [9.17, 15) is 5.26 Å². The van der Waals surface area contributed by atoms with Crippen molar-refractivity contribution in [2.45, 2.75) is 26.8 Å². The highest BCUT2D eigenvalue weighted by Gasteiger charge is 2.19. The van der Waals surface area contributed by atoms with Crippen LogP contribution in [0, 0.1) is 11.3 Å². The van der Waals surface area contributed by atoms with Crippen molar-refractivity contribution in [2.75, 3.05) is 13.1 Å². The highest BCUT2D eigenvalue weighted by molar-refractivity contribution is 5.78. The Hall–Kier alpha value is -2.11. The van der Waals surface area contributed by atoms with E-state index in [4.69, 9.17) is 0 Å². The number of likely N-dealkylation sites (N-methyl/N-ethyl adjacent to an activating group) is 1. The van der Waals surface area contributed by atoms with E-state index in [-0.39, 0.29) is 0 Å². The number of nitrogens with zero attached hydrogens (tertiary/aromatic N) is 2. The van der Waals surface area contributed by atoms with Crippen molar-refractivity contribution in [3.8, 4) is 6.07 Å². The van der Waals surface area contributed by atoms with Crippen molar-refractivity contribution in [1.82, 2.24) is 4.90 Å². The van der Waals surface area contributed by atoms with Crippen LogP contribution in [0.1, 0.15) is 36.1 Å². The molecule has 0 amide bonds. The van der Waals surface area contributed by atoms with Gasteiger partial charge in [0.15, 0.2) is 0 Å². The molecule has 0 aromatic heterocycles. The van der Waals surface area contributed by atoms with Crippen LogP contribution in [0.15, 0.2) is 43.0 Å². The van der Waals surface area contributed by atoms with E-state index in [2.05, 4.69) is 30.5 Å². The Morgan fingerprint density at radius 3 is 2.90 bits per heavy atom. The zero-order valence-corrected chi connectivity index (χ0v) is 12.9. The van der Waals surface area contributed by atoms with E-state index in [0.717, 1.165) is 37.2 Å². The van der Waals surface area contributed by atoms with E-state index in [1.165, 1.54) is 16.7 Å². The Morgan fingerprint density at radius 1 is 1.48 bits per heavy atom. The van der Waals surface area contributed by atoms with E-state index < -0.39 is 0 Å². The molecule has 2 rings (SSSR count). The first kappa shape index (κ1) is 15.3. The number of hydrogen-bond donors (Lipinski definition) is 0. The fourth-order valence-corrected chi connectivity index (χ4v) is 2.89. The van der Waals surface area contributed by atoms with Crippen LogP contribution in [0.4, 0.5) is 0 Å². The molecule has 0 bridgehead atoms. The molecule has 2 heteroatoms. The molecule has 1 heterocycles. The minimum Gasteiger partial charge on any atom is -0.299 e. The van der Waals surface area contributed by atoms with Gasteiger partial charge in [-0.3, -0.25) is 4.90 Å². The molecule has 0 fully saturated rings. The molecule has 108 valence electrons. The smallest absolute Gasteiger partial charge is 0.0991 e. The molecule has 0 saturated heterocycles. The molecule has 0 N–H and O–H groups in total. The molecule has 0 spiro atoms. The molecule has 1 aromatic carbocycles. The molecule has 0 radical (unpaired) electrons. The number of nitriles is 1. The Morgan fingerprint density at radius 2 is 2.29 bits per heavy atom. The summed E-state index contributed by atoms with van der Waals surface area (Å²) in [7, 11) is 0. The molecule has 1 aromatic rings. The summed E-state index contributed by atoms with van der Waals surface area (Å²) in [6.45, 7) is 11.1. The first-order chi connectivity index (χ1) is 10.2. The van der Waals surface area contributed by atoms with Gasteiger partial charge in [0, 0.05) is 13.1 Å². The number of fused-ring (bicyclic) bond motifs is 1. The third-order valence-electron chi connectivity index (χ3n) is 3.95. The average molecular weight is 278 g/mol. The molecule has 0 unspecified atom stereocenters. The van der Waals surface area contributed by atoms with Crippen molar-refractivity contribution in [3.05, 3.63) is 65.3 Å². The normalized spacial score (nSPS) is 15.8. The predicted molar refractivity (Wildman–Crippen MR) is 88.8 cm³/mol. The van der Waals surface area contributed by atoms with Crippen LogP contribution in [-0.2, 0) is 13.0 Å². The SMILES string of the molecule is C=C/C=C(\C=C/C)c1cc(C#N)cc2c1CCN(CC)C2. The maximum atomic E-state index is 9.31. The summed E-state index contributed by atoms with van der Waals surface area (Å²) in [5.41, 5.74) is 5.71. The van der Waals surface area contributed by atoms with Gasteiger partial charge >= 0.3 is 0 Å². The van der Waals surface area contributed by atoms with Gasteiger partial charge < -0.3 is 0 Å². The topological polar surface area (TPSA) is 27.0 Å². The first-order valence-electron chi connectivity index (χ1n) is 7.47. The van der Waals surface area contributed by atoms with Gasteiger partial charge in [-0.05, 0) is 54.3 Å². The molecule has 2 nitrogen and oxygen atoms in total. The van der Waals surface area contributed by atoms with Crippen molar-refractivity contribution >= 4 is 5.57 Å². The molecular formula is C19H22N2. The van der Waals surface area contributed by atoms with Crippen molar-refractivity contribution in [1.29, 1.82) is 5.26 Å². The van der Waals surface area contributed by atoms with Crippen LogP contribution >= 0.6 is 0 Å². The quantitative estimate of drug-likeness (QED) is 0.776. The van der Waals surface area contributed by atoms with E-state index in [0.29, 0.717) is 0 Å². The maximum Gasteiger partial charge on any atom is 0.0991 e. The summed E-state index contributed by atoms with van der Waals surface area (Å²) < 4.78 is 0. The minimum absolute atomic E-state index is 0.737. The second-order valence-electron chi connectivity index (χ2n) is 5.25. The second-order valence-corrected chi connectivity index (χ2v) is 5.25. The van der Waals surface area contributed by atoms with E-state index in [1.54, 1.807) is 0 Å². The third kappa shape index (κ3) is 3.32. The lowest BCUT2D eigenvalue weighted by Crippen LogP contribution is -2.30. The van der Waals surface area contributed by atoms with Gasteiger partial charge in [0.2, 0.25) is 0 Å². The van der Waals surface area contributed by atoms with Gasteiger partial charge in [-0.25, -0.2) is 0 Å². The Bertz CT molecular complexity index is 630. The van der Waals surface area contributed by atoms with Crippen molar-refractivity contribution < 1.29 is 0 Å². The second kappa shape index (κ2) is 7.06. The highest BCUT2D eigenvalue weighted by atomic mass is 15.1. The Labute approximate surface area is 127 Å². The molecule has 21 heavy (non-hydrogen) atoms. The Balaban J connectivity index is 2.58. The van der Waals surface area contributed by atoms with Crippen LogP contribution in [0.2, 0.25) is 0 Å². The summed E-state index contributed by atoms with van der Waals surface area (Å²) >= 11 is 0. The van der Waals surface area contributed by atoms with Gasteiger partial charge in [-0.1, -0.05) is 37.8 Å². The van der Waals surface area contributed by atoms with Gasteiger partial charge in [0.05, 0.1) is 11.6 Å². The summed E-state index contributed by atoms with van der Waals surface area (Å²) in [6.07, 6.45) is 8.98. The van der Waals surface area contributed by atoms with Crippen molar-refractivity contribution in [2.24, 2.45) is 0 Å². The zero-order chi connectivity index (χ0) is 15.2. The number of hydrogen-bond acceptors (Lipinski definition) is 2. The monoisotopic (exact) mass is 278 g/mol. The lowest BCUT2D eigenvalue weighted by atomic mass is 9.88. The van der Waals surface area contributed by atoms with Crippen LogP contribution in [0.5, 0.6) is 0 Å². The third-order valence-corrected chi connectivity index (χ3v) is 3.95. The molecule has 0 atom stereocenters. The Kier molecular flexibility index (Phi) is 5.14. The van der Waals surface area contributed by atoms with E-state index >= 15 is 0 Å². The predicted octanol–water partition coefficient (Wildman–Crippen LogP) is 4.08. The minimum atomic E-state index is 0.737. The highest BCUT2D eigenvalue weighted by Crippen LogP contribution is 2.29. The number of rotatable bonds is 4. The molecule has 0 saturated carbocycles. The van der Waals surface area contributed by atoms with Crippen LogP contribution in [0.3, 0.4) is 0 Å². The summed E-state index contributed by atoms with van der Waals surface area (Å²) in [6, 6.07) is 6.35. The zero-order valence-electron chi connectivity index (χ0n) is 12.9. The van der Waals surface area contributed by atoms with Gasteiger partial charge in [0.1, 0.15) is 0 Å². The summed E-state index contributed by atoms with van der Waals surface area (Å²) in [5.74, 6) is 0. The van der Waals surface area contributed by atoms with E-state index in [1.807, 2.05) is 37.3 Å².